The minimum absolute atomic E-state index is 0.432. The van der Waals surface area contributed by atoms with Crippen molar-refractivity contribution in [3.63, 3.8) is 0 Å². The molecular weight excluding hydrogens is 172 g/mol. The summed E-state index contributed by atoms with van der Waals surface area (Å²) in [7, 11) is 0. The third-order valence-corrected chi connectivity index (χ3v) is 1.00. The first-order valence-electron chi connectivity index (χ1n) is 3.93. The lowest BCUT2D eigenvalue weighted by Crippen LogP contribution is -2.29. The highest BCUT2D eigenvalue weighted by Crippen LogP contribution is 1.80. The molecule has 13 heavy (non-hydrogen) atoms. The van der Waals surface area contributed by atoms with Crippen LogP contribution in [0.2, 0.25) is 0 Å². The number of primary amides is 1. The number of urea groups is 1. The van der Waals surface area contributed by atoms with Gasteiger partial charge in [0.15, 0.2) is 0 Å². The van der Waals surface area contributed by atoms with Crippen molar-refractivity contribution in [3.05, 3.63) is 12.7 Å². The van der Waals surface area contributed by atoms with Gasteiger partial charge < -0.3 is 16.2 Å². The molecular formula is C8H16N2O3. The van der Waals surface area contributed by atoms with E-state index in [-0.39, 0.29) is 0 Å². The Morgan fingerprint density at radius 2 is 2.08 bits per heavy atom. The van der Waals surface area contributed by atoms with Crippen LogP contribution in [0.3, 0.4) is 0 Å². The molecule has 0 aromatic heterocycles. The van der Waals surface area contributed by atoms with Crippen molar-refractivity contribution in [2.45, 2.75) is 19.8 Å². The summed E-state index contributed by atoms with van der Waals surface area (Å²) in [6.07, 6.45) is 2.92. The maximum atomic E-state index is 9.99. The molecule has 0 aliphatic rings. The van der Waals surface area contributed by atoms with Crippen LogP contribution < -0.4 is 11.1 Å². The van der Waals surface area contributed by atoms with Gasteiger partial charge in [-0.15, -0.1) is 0 Å². The molecule has 0 heterocycles. The van der Waals surface area contributed by atoms with Crippen LogP contribution in [0.5, 0.6) is 0 Å². The summed E-state index contributed by atoms with van der Waals surface area (Å²) in [6.45, 7) is 5.72. The molecule has 0 fully saturated rings. The zero-order valence-electron chi connectivity index (χ0n) is 7.75. The molecule has 0 atom stereocenters. The van der Waals surface area contributed by atoms with Crippen LogP contribution in [0.25, 0.3) is 0 Å². The van der Waals surface area contributed by atoms with Crippen molar-refractivity contribution in [3.8, 4) is 0 Å². The second kappa shape index (κ2) is 10.5. The maximum absolute atomic E-state index is 9.99. The van der Waals surface area contributed by atoms with Gasteiger partial charge in [-0.1, -0.05) is 19.9 Å². The molecule has 0 saturated heterocycles. The SMILES string of the molecule is C=CC(=O)O.CCCCNC(N)=O. The molecule has 0 aliphatic heterocycles. The summed E-state index contributed by atoms with van der Waals surface area (Å²) < 4.78 is 0. The van der Waals surface area contributed by atoms with Crippen LogP contribution in [-0.4, -0.2) is 23.7 Å². The van der Waals surface area contributed by atoms with Crippen LogP contribution in [0.15, 0.2) is 12.7 Å². The molecule has 5 nitrogen and oxygen atoms in total. The van der Waals surface area contributed by atoms with E-state index in [1.54, 1.807) is 0 Å². The van der Waals surface area contributed by atoms with E-state index in [1.807, 2.05) is 0 Å². The molecule has 0 rings (SSSR count). The van der Waals surface area contributed by atoms with Gasteiger partial charge in [0.05, 0.1) is 0 Å². The monoisotopic (exact) mass is 188 g/mol. The number of unbranched alkanes of at least 4 members (excludes halogenated alkanes) is 1. The topological polar surface area (TPSA) is 92.4 Å². The van der Waals surface area contributed by atoms with Crippen molar-refractivity contribution in [1.82, 2.24) is 5.32 Å². The molecule has 0 aromatic rings. The lowest BCUT2D eigenvalue weighted by atomic mass is 10.3. The van der Waals surface area contributed by atoms with E-state index >= 15 is 0 Å². The third-order valence-electron chi connectivity index (χ3n) is 1.00. The van der Waals surface area contributed by atoms with Gasteiger partial charge in [-0.25, -0.2) is 9.59 Å². The van der Waals surface area contributed by atoms with Crippen LogP contribution in [0.1, 0.15) is 19.8 Å². The van der Waals surface area contributed by atoms with E-state index in [1.165, 1.54) is 0 Å². The molecule has 0 bridgehead atoms. The highest BCUT2D eigenvalue weighted by atomic mass is 16.4. The van der Waals surface area contributed by atoms with Gasteiger partial charge >= 0.3 is 12.0 Å². The molecule has 0 unspecified atom stereocenters. The predicted molar refractivity (Wildman–Crippen MR) is 50.3 cm³/mol. The number of amides is 2. The number of carbonyl (C=O) groups is 2. The summed E-state index contributed by atoms with van der Waals surface area (Å²) in [5.74, 6) is -0.981. The number of nitrogens with one attached hydrogen (secondary N) is 1. The smallest absolute Gasteiger partial charge is 0.327 e. The van der Waals surface area contributed by atoms with Gasteiger partial charge in [-0.05, 0) is 6.42 Å². The average molecular weight is 188 g/mol. The standard InChI is InChI=1S/C5H12N2O.C3H4O2/c1-2-3-4-7-5(6)8;1-2-3(4)5/h2-4H2,1H3,(H3,6,7,8);2H,1H2,(H,4,5). The summed E-state index contributed by atoms with van der Waals surface area (Å²) in [5.41, 5.74) is 4.78. The van der Waals surface area contributed by atoms with Crippen LogP contribution in [0, 0.1) is 0 Å². The van der Waals surface area contributed by atoms with E-state index in [2.05, 4.69) is 18.8 Å². The maximum Gasteiger partial charge on any atom is 0.327 e. The Labute approximate surface area is 77.6 Å². The Bertz CT molecular complexity index is 169. The summed E-state index contributed by atoms with van der Waals surface area (Å²) in [4.78, 5) is 19.2. The van der Waals surface area contributed by atoms with Crippen molar-refractivity contribution in [2.75, 3.05) is 6.54 Å². The number of hydrogen-bond donors (Lipinski definition) is 3. The first-order valence-corrected chi connectivity index (χ1v) is 3.93. The number of nitrogens with two attached hydrogens (primary N) is 1. The van der Waals surface area contributed by atoms with E-state index < -0.39 is 12.0 Å². The molecule has 0 radical (unpaired) electrons. The number of carboxylic acid groups (broad SMARTS) is 1. The fraction of sp³-hybridized carbons (Fsp3) is 0.500. The lowest BCUT2D eigenvalue weighted by molar-refractivity contribution is -0.131. The Morgan fingerprint density at radius 3 is 2.31 bits per heavy atom. The Hall–Kier alpha value is -1.52. The number of rotatable bonds is 4. The third kappa shape index (κ3) is 25.1. The summed E-state index contributed by atoms with van der Waals surface area (Å²) in [6, 6.07) is -0.432. The Morgan fingerprint density at radius 1 is 1.62 bits per heavy atom. The van der Waals surface area contributed by atoms with Crippen LogP contribution >= 0.6 is 0 Å². The van der Waals surface area contributed by atoms with Crippen LogP contribution in [0.4, 0.5) is 4.79 Å². The quantitative estimate of drug-likeness (QED) is 0.448. The minimum Gasteiger partial charge on any atom is -0.478 e. The minimum atomic E-state index is -0.981. The molecule has 4 N–H and O–H groups in total. The largest absolute Gasteiger partial charge is 0.478 e. The average Bonchev–Trinajstić information content (AvgIpc) is 2.05. The zero-order chi connectivity index (χ0) is 10.7. The second-order valence-electron chi connectivity index (χ2n) is 2.19. The number of aliphatic carboxylic acids is 1. The zero-order valence-corrected chi connectivity index (χ0v) is 7.75. The number of carbonyl (C=O) groups excluding carboxylic acids is 1. The second-order valence-corrected chi connectivity index (χ2v) is 2.19. The van der Waals surface area contributed by atoms with E-state index in [9.17, 15) is 9.59 Å². The molecule has 5 heteroatoms. The van der Waals surface area contributed by atoms with Gasteiger partial charge in [-0.3, -0.25) is 0 Å². The van der Waals surface area contributed by atoms with Crippen molar-refractivity contribution < 1.29 is 14.7 Å². The highest BCUT2D eigenvalue weighted by Gasteiger charge is 1.86. The summed E-state index contributed by atoms with van der Waals surface area (Å²) >= 11 is 0. The van der Waals surface area contributed by atoms with Gasteiger partial charge in [0, 0.05) is 12.6 Å². The molecule has 0 spiro atoms. The Kier molecular flexibility index (Phi) is 11.3. The predicted octanol–water partition coefficient (Wildman–Crippen LogP) is 0.712. The van der Waals surface area contributed by atoms with Crippen molar-refractivity contribution in [1.29, 1.82) is 0 Å². The van der Waals surface area contributed by atoms with Gasteiger partial charge in [0.25, 0.3) is 0 Å². The molecule has 0 aliphatic carbocycles. The van der Waals surface area contributed by atoms with E-state index in [0.29, 0.717) is 6.54 Å². The number of hydrogen-bond acceptors (Lipinski definition) is 2. The first kappa shape index (κ1) is 14.0. The van der Waals surface area contributed by atoms with E-state index in [4.69, 9.17) is 10.8 Å². The highest BCUT2D eigenvalue weighted by molar-refractivity contribution is 5.78. The lowest BCUT2D eigenvalue weighted by Gasteiger charge is -1.96. The first-order chi connectivity index (χ1) is 6.04. The fourth-order valence-corrected chi connectivity index (χ4v) is 0.388. The normalized spacial score (nSPS) is 7.77. The Balaban J connectivity index is 0. The van der Waals surface area contributed by atoms with Crippen molar-refractivity contribution >= 4 is 12.0 Å². The number of carboxylic acids is 1. The van der Waals surface area contributed by atoms with Gasteiger partial charge in [0.2, 0.25) is 0 Å². The molecule has 0 aromatic carbocycles. The van der Waals surface area contributed by atoms with Crippen molar-refractivity contribution in [2.24, 2.45) is 5.73 Å². The molecule has 76 valence electrons. The van der Waals surface area contributed by atoms with E-state index in [0.717, 1.165) is 18.9 Å². The van der Waals surface area contributed by atoms with Crippen LogP contribution in [-0.2, 0) is 4.79 Å². The van der Waals surface area contributed by atoms with Gasteiger partial charge in [-0.2, -0.15) is 0 Å². The fourth-order valence-electron chi connectivity index (χ4n) is 0.388. The summed E-state index contributed by atoms with van der Waals surface area (Å²) in [5, 5.41) is 10.1. The molecule has 0 saturated carbocycles. The molecule has 2 amide bonds. The van der Waals surface area contributed by atoms with Gasteiger partial charge in [0.1, 0.15) is 0 Å².